The molecule has 2 aromatic heterocycles. The quantitative estimate of drug-likeness (QED) is 0.560. The Labute approximate surface area is 182 Å². The fourth-order valence-corrected chi connectivity index (χ4v) is 4.24. The zero-order chi connectivity index (χ0) is 22.0. The summed E-state index contributed by atoms with van der Waals surface area (Å²) in [5.41, 5.74) is 2.91. The topological polar surface area (TPSA) is 98.6 Å². The minimum absolute atomic E-state index is 0.193. The molecule has 9 heteroatoms. The van der Waals surface area contributed by atoms with Gasteiger partial charge in [-0.25, -0.2) is 14.2 Å². The average molecular weight is 441 g/mol. The molecular weight excluding hydrogens is 419 g/mol. The lowest BCUT2D eigenvalue weighted by Gasteiger charge is -2.26. The molecule has 1 aromatic carbocycles. The number of benzene rings is 1. The van der Waals surface area contributed by atoms with E-state index in [1.165, 1.54) is 23.6 Å². The summed E-state index contributed by atoms with van der Waals surface area (Å²) in [6, 6.07) is 6.68. The van der Waals surface area contributed by atoms with Crippen LogP contribution < -0.4 is 5.32 Å². The molecule has 1 aliphatic rings. The van der Waals surface area contributed by atoms with Gasteiger partial charge in [0.1, 0.15) is 17.6 Å². The van der Waals surface area contributed by atoms with Crippen LogP contribution in [0, 0.1) is 5.82 Å². The molecule has 0 radical (unpaired) electrons. The van der Waals surface area contributed by atoms with Gasteiger partial charge in [-0.2, -0.15) is 0 Å². The number of rotatable bonds is 5. The summed E-state index contributed by atoms with van der Waals surface area (Å²) in [4.78, 5) is 22.8. The Balaban J connectivity index is 1.43. The fraction of sp³-hybridized carbons (Fsp3) is 0.227. The van der Waals surface area contributed by atoms with Crippen LogP contribution in [0.4, 0.5) is 14.3 Å². The summed E-state index contributed by atoms with van der Waals surface area (Å²) in [6.07, 6.45) is 4.16. The summed E-state index contributed by atoms with van der Waals surface area (Å²) in [5, 5.41) is 21.9. The molecule has 0 bridgehead atoms. The van der Waals surface area contributed by atoms with Gasteiger partial charge in [0.25, 0.3) is 0 Å². The first-order valence-electron chi connectivity index (χ1n) is 9.71. The van der Waals surface area contributed by atoms with E-state index in [1.54, 1.807) is 17.1 Å². The van der Waals surface area contributed by atoms with Crippen LogP contribution in [0.2, 0.25) is 0 Å². The standard InChI is InChI=1S/C22H21FN4O3S/c1-2-13-3-4-17-19(9-13)31-21(25-17)26-22(30)27-7-5-14(6-8-27)20-16(23)10-15(11-24-20)18(29)12-28/h2-5,9-11,18,28-29H,1,6-8,12H2,(H,25,26,30)/t18-/m1/s1. The largest absolute Gasteiger partial charge is 0.393 e. The molecule has 4 rings (SSSR count). The Morgan fingerprint density at radius 3 is 2.94 bits per heavy atom. The molecule has 0 aliphatic carbocycles. The number of halogens is 1. The second-order valence-electron chi connectivity index (χ2n) is 7.10. The van der Waals surface area contributed by atoms with Gasteiger partial charge in [0.2, 0.25) is 0 Å². The Kier molecular flexibility index (Phi) is 6.08. The van der Waals surface area contributed by atoms with Gasteiger partial charge in [-0.3, -0.25) is 10.3 Å². The summed E-state index contributed by atoms with van der Waals surface area (Å²) in [7, 11) is 0. The van der Waals surface area contributed by atoms with Crippen molar-refractivity contribution in [3.05, 3.63) is 65.8 Å². The molecule has 0 saturated heterocycles. The molecular formula is C22H21FN4O3S. The molecule has 3 heterocycles. The van der Waals surface area contributed by atoms with E-state index < -0.39 is 18.5 Å². The van der Waals surface area contributed by atoms with Crippen molar-refractivity contribution in [1.29, 1.82) is 0 Å². The van der Waals surface area contributed by atoms with E-state index in [2.05, 4.69) is 21.9 Å². The SMILES string of the molecule is C=Cc1ccc2nc(NC(=O)N3CC=C(c4ncc([C@H](O)CO)cc4F)CC3)sc2c1. The normalized spacial score (nSPS) is 14.9. The predicted octanol–water partition coefficient (Wildman–Crippen LogP) is 3.82. The maximum Gasteiger partial charge on any atom is 0.323 e. The summed E-state index contributed by atoms with van der Waals surface area (Å²) in [5.74, 6) is -0.567. The number of hydrogen-bond acceptors (Lipinski definition) is 6. The first-order valence-corrected chi connectivity index (χ1v) is 10.5. The highest BCUT2D eigenvalue weighted by atomic mass is 32.1. The summed E-state index contributed by atoms with van der Waals surface area (Å²) in [6.45, 7) is 3.98. The van der Waals surface area contributed by atoms with Crippen molar-refractivity contribution in [2.45, 2.75) is 12.5 Å². The molecule has 160 valence electrons. The molecule has 0 spiro atoms. The highest BCUT2D eigenvalue weighted by molar-refractivity contribution is 7.22. The van der Waals surface area contributed by atoms with Crippen molar-refractivity contribution in [3.8, 4) is 0 Å². The maximum atomic E-state index is 14.4. The summed E-state index contributed by atoms with van der Waals surface area (Å²) >= 11 is 1.39. The number of nitrogens with one attached hydrogen (secondary N) is 1. The summed E-state index contributed by atoms with van der Waals surface area (Å²) < 4.78 is 15.4. The van der Waals surface area contributed by atoms with Crippen LogP contribution in [0.15, 0.2) is 43.1 Å². The number of carbonyl (C=O) groups excluding carboxylic acids is 1. The van der Waals surface area contributed by atoms with Gasteiger partial charge in [0.15, 0.2) is 5.13 Å². The Bertz CT molecular complexity index is 1180. The first-order chi connectivity index (χ1) is 15.0. The number of hydrogen-bond donors (Lipinski definition) is 3. The number of nitrogens with zero attached hydrogens (tertiary/aromatic N) is 3. The van der Waals surface area contributed by atoms with E-state index in [0.29, 0.717) is 30.2 Å². The van der Waals surface area contributed by atoms with E-state index in [1.807, 2.05) is 18.2 Å². The lowest BCUT2D eigenvalue weighted by molar-refractivity contribution is 0.0950. The predicted molar refractivity (Wildman–Crippen MR) is 119 cm³/mol. The first kappa shape index (κ1) is 21.1. The molecule has 3 aromatic rings. The van der Waals surface area contributed by atoms with E-state index in [-0.39, 0.29) is 17.3 Å². The third-order valence-corrected chi connectivity index (χ3v) is 6.02. The molecule has 1 atom stereocenters. The van der Waals surface area contributed by atoms with E-state index >= 15 is 0 Å². The van der Waals surface area contributed by atoms with Gasteiger partial charge < -0.3 is 15.1 Å². The third-order valence-electron chi connectivity index (χ3n) is 5.08. The minimum Gasteiger partial charge on any atom is -0.393 e. The molecule has 7 nitrogen and oxygen atoms in total. The van der Waals surface area contributed by atoms with Crippen LogP contribution in [-0.4, -0.2) is 50.8 Å². The van der Waals surface area contributed by atoms with Crippen LogP contribution in [-0.2, 0) is 0 Å². The number of aromatic nitrogens is 2. The van der Waals surface area contributed by atoms with Gasteiger partial charge >= 0.3 is 6.03 Å². The molecule has 1 aliphatic heterocycles. The Morgan fingerprint density at radius 2 is 2.26 bits per heavy atom. The second kappa shape index (κ2) is 8.93. The van der Waals surface area contributed by atoms with E-state index in [4.69, 9.17) is 5.11 Å². The number of amides is 2. The number of pyridine rings is 1. The fourth-order valence-electron chi connectivity index (χ4n) is 3.34. The number of thiazole rings is 1. The maximum absolute atomic E-state index is 14.4. The molecule has 0 saturated carbocycles. The molecule has 0 unspecified atom stereocenters. The second-order valence-corrected chi connectivity index (χ2v) is 8.13. The van der Waals surface area contributed by atoms with Crippen molar-refractivity contribution in [3.63, 3.8) is 0 Å². The number of anilines is 1. The Hall–Kier alpha value is -3.14. The smallest absolute Gasteiger partial charge is 0.323 e. The Morgan fingerprint density at radius 1 is 1.42 bits per heavy atom. The van der Waals surface area contributed by atoms with E-state index in [0.717, 1.165) is 15.8 Å². The van der Waals surface area contributed by atoms with Gasteiger partial charge in [-0.05, 0) is 35.8 Å². The molecule has 2 amide bonds. The van der Waals surface area contributed by atoms with Crippen molar-refractivity contribution in [2.24, 2.45) is 0 Å². The average Bonchev–Trinajstić information content (AvgIpc) is 3.19. The highest BCUT2D eigenvalue weighted by Gasteiger charge is 2.22. The lowest BCUT2D eigenvalue weighted by Crippen LogP contribution is -2.38. The number of carbonyl (C=O) groups is 1. The zero-order valence-corrected chi connectivity index (χ0v) is 17.4. The van der Waals surface area contributed by atoms with Crippen LogP contribution in [0.25, 0.3) is 21.9 Å². The van der Waals surface area contributed by atoms with Crippen molar-refractivity contribution < 1.29 is 19.4 Å². The zero-order valence-electron chi connectivity index (χ0n) is 16.6. The van der Waals surface area contributed by atoms with E-state index in [9.17, 15) is 14.3 Å². The van der Waals surface area contributed by atoms with Crippen LogP contribution in [0.3, 0.4) is 0 Å². The third kappa shape index (κ3) is 4.48. The molecule has 0 fully saturated rings. The van der Waals surface area contributed by atoms with Crippen molar-refractivity contribution >= 4 is 44.4 Å². The monoisotopic (exact) mass is 440 g/mol. The van der Waals surface area contributed by atoms with Crippen LogP contribution in [0.5, 0.6) is 0 Å². The van der Waals surface area contributed by atoms with Crippen LogP contribution in [0.1, 0.15) is 29.3 Å². The number of fused-ring (bicyclic) bond motifs is 1. The van der Waals surface area contributed by atoms with Crippen molar-refractivity contribution in [2.75, 3.05) is 25.0 Å². The minimum atomic E-state index is -1.17. The van der Waals surface area contributed by atoms with Crippen molar-refractivity contribution in [1.82, 2.24) is 14.9 Å². The molecule has 3 N–H and O–H groups in total. The number of aliphatic hydroxyl groups is 2. The molecule has 31 heavy (non-hydrogen) atoms. The van der Waals surface area contributed by atoms with Gasteiger partial charge in [0, 0.05) is 24.8 Å². The van der Waals surface area contributed by atoms with Gasteiger partial charge in [-0.1, -0.05) is 36.1 Å². The lowest BCUT2D eigenvalue weighted by atomic mass is 10.0. The van der Waals surface area contributed by atoms with Crippen LogP contribution >= 0.6 is 11.3 Å². The van der Waals surface area contributed by atoms with Gasteiger partial charge in [-0.15, -0.1) is 0 Å². The highest BCUT2D eigenvalue weighted by Crippen LogP contribution is 2.28. The number of aliphatic hydroxyl groups excluding tert-OH is 2. The number of urea groups is 1. The van der Waals surface area contributed by atoms with Gasteiger partial charge in [0.05, 0.1) is 16.8 Å².